The second kappa shape index (κ2) is 10.9. The Morgan fingerprint density at radius 3 is 1.76 bits per heavy atom. The van der Waals surface area contributed by atoms with Gasteiger partial charge in [-0.2, -0.15) is 0 Å². The van der Waals surface area contributed by atoms with Gasteiger partial charge in [-0.1, -0.05) is 12.1 Å². The van der Waals surface area contributed by atoms with Gasteiger partial charge in [-0.25, -0.2) is 14.4 Å². The zero-order valence-corrected chi connectivity index (χ0v) is 19.0. The lowest BCUT2D eigenvalue weighted by Crippen LogP contribution is -2.62. The Kier molecular flexibility index (Phi) is 8.52. The molecule has 11 nitrogen and oxygen atoms in total. The third-order valence-corrected chi connectivity index (χ3v) is 5.38. The van der Waals surface area contributed by atoms with E-state index in [0.29, 0.717) is 5.56 Å². The molecule has 0 aliphatic carbocycles. The molecule has 1 fully saturated rings. The SMILES string of the molecule is CCOC(=O)C1(C(=O)OCC)N[C@H](c2ccc(C(=O)OC)cc2)[C@H](C(=O)OC)[C@@H]1C(=O)OC. The van der Waals surface area contributed by atoms with E-state index in [1.807, 2.05) is 0 Å². The third kappa shape index (κ3) is 4.68. The van der Waals surface area contributed by atoms with Crippen molar-refractivity contribution < 1.29 is 47.7 Å². The number of esters is 5. The maximum atomic E-state index is 13.1. The first-order valence-electron chi connectivity index (χ1n) is 10.2. The molecular weight excluding hydrogens is 438 g/mol. The van der Waals surface area contributed by atoms with Crippen LogP contribution in [0.4, 0.5) is 0 Å². The Bertz CT molecular complexity index is 892. The first-order chi connectivity index (χ1) is 15.7. The molecule has 180 valence electrons. The van der Waals surface area contributed by atoms with Crippen LogP contribution in [0.2, 0.25) is 0 Å². The molecule has 1 aliphatic heterocycles. The number of hydrogen-bond donors (Lipinski definition) is 1. The molecule has 1 aliphatic rings. The van der Waals surface area contributed by atoms with Gasteiger partial charge in [-0.15, -0.1) is 0 Å². The lowest BCUT2D eigenvalue weighted by molar-refractivity contribution is -0.175. The molecular formula is C22H27NO10. The minimum atomic E-state index is -2.37. The van der Waals surface area contributed by atoms with Crippen LogP contribution in [0.1, 0.15) is 35.8 Å². The Balaban J connectivity index is 2.73. The van der Waals surface area contributed by atoms with Crippen LogP contribution in [-0.2, 0) is 42.9 Å². The van der Waals surface area contributed by atoms with E-state index in [9.17, 15) is 24.0 Å². The van der Waals surface area contributed by atoms with Crippen molar-refractivity contribution in [1.82, 2.24) is 5.32 Å². The van der Waals surface area contributed by atoms with Crippen LogP contribution in [0.25, 0.3) is 0 Å². The average molecular weight is 465 g/mol. The summed E-state index contributed by atoms with van der Waals surface area (Å²) in [6.07, 6.45) is 0. The van der Waals surface area contributed by atoms with E-state index >= 15 is 0 Å². The molecule has 1 heterocycles. The second-order valence-corrected chi connectivity index (χ2v) is 7.03. The zero-order chi connectivity index (χ0) is 24.8. The van der Waals surface area contributed by atoms with E-state index in [-0.39, 0.29) is 18.8 Å². The quantitative estimate of drug-likeness (QED) is 0.327. The number of rotatable bonds is 8. The summed E-state index contributed by atoms with van der Waals surface area (Å²) in [7, 11) is 3.41. The van der Waals surface area contributed by atoms with Gasteiger partial charge in [0.05, 0.1) is 46.0 Å². The molecule has 1 saturated heterocycles. The number of carbonyl (C=O) groups is 5. The summed E-state index contributed by atoms with van der Waals surface area (Å²) in [5.74, 6) is -7.66. The fraction of sp³-hybridized carbons (Fsp3) is 0.500. The second-order valence-electron chi connectivity index (χ2n) is 7.03. The van der Waals surface area contributed by atoms with Crippen molar-refractivity contribution in [1.29, 1.82) is 0 Å². The number of ether oxygens (including phenoxy) is 5. The highest BCUT2D eigenvalue weighted by Crippen LogP contribution is 2.46. The molecule has 0 amide bonds. The minimum Gasteiger partial charge on any atom is -0.469 e. The van der Waals surface area contributed by atoms with Gasteiger partial charge in [-0.05, 0) is 31.5 Å². The average Bonchev–Trinajstić information content (AvgIpc) is 3.20. The first-order valence-corrected chi connectivity index (χ1v) is 10.2. The molecule has 1 aromatic rings. The lowest BCUT2D eigenvalue weighted by Gasteiger charge is -2.30. The number of benzene rings is 1. The molecule has 11 heteroatoms. The van der Waals surface area contributed by atoms with Crippen LogP contribution in [0.3, 0.4) is 0 Å². The molecule has 3 atom stereocenters. The van der Waals surface area contributed by atoms with Gasteiger partial charge in [0, 0.05) is 6.04 Å². The largest absolute Gasteiger partial charge is 0.469 e. The molecule has 1 aromatic carbocycles. The molecule has 1 N–H and O–H groups in total. The van der Waals surface area contributed by atoms with Crippen molar-refractivity contribution in [3.8, 4) is 0 Å². The molecule has 2 rings (SSSR count). The van der Waals surface area contributed by atoms with Crippen molar-refractivity contribution in [2.24, 2.45) is 11.8 Å². The Morgan fingerprint density at radius 2 is 1.33 bits per heavy atom. The fourth-order valence-corrected chi connectivity index (χ4v) is 3.93. The molecule has 33 heavy (non-hydrogen) atoms. The smallest absolute Gasteiger partial charge is 0.339 e. The van der Waals surface area contributed by atoms with Crippen molar-refractivity contribution >= 4 is 29.8 Å². The van der Waals surface area contributed by atoms with Gasteiger partial charge < -0.3 is 23.7 Å². The van der Waals surface area contributed by atoms with Crippen LogP contribution in [-0.4, -0.2) is 69.9 Å². The Labute approximate surface area is 190 Å². The van der Waals surface area contributed by atoms with E-state index in [1.54, 1.807) is 0 Å². The Morgan fingerprint density at radius 1 is 0.818 bits per heavy atom. The monoisotopic (exact) mass is 465 g/mol. The van der Waals surface area contributed by atoms with E-state index in [1.165, 1.54) is 45.2 Å². The summed E-state index contributed by atoms with van der Waals surface area (Å²) in [4.78, 5) is 63.8. The van der Waals surface area contributed by atoms with Gasteiger partial charge >= 0.3 is 29.8 Å². The first kappa shape index (κ1) is 25.8. The van der Waals surface area contributed by atoms with Crippen molar-refractivity contribution in [2.75, 3.05) is 34.5 Å². The van der Waals surface area contributed by atoms with Gasteiger partial charge in [0.25, 0.3) is 0 Å². The van der Waals surface area contributed by atoms with Crippen LogP contribution in [0, 0.1) is 11.8 Å². The molecule has 0 radical (unpaired) electrons. The van der Waals surface area contributed by atoms with Crippen LogP contribution >= 0.6 is 0 Å². The van der Waals surface area contributed by atoms with E-state index in [0.717, 1.165) is 14.2 Å². The highest BCUT2D eigenvalue weighted by molar-refractivity contribution is 6.11. The highest BCUT2D eigenvalue weighted by Gasteiger charge is 2.69. The maximum absolute atomic E-state index is 13.1. The lowest BCUT2D eigenvalue weighted by atomic mass is 9.77. The summed E-state index contributed by atoms with van der Waals surface area (Å²) < 4.78 is 24.7. The summed E-state index contributed by atoms with van der Waals surface area (Å²) in [5, 5.41) is 2.82. The normalized spacial score (nSPS) is 20.9. The zero-order valence-electron chi connectivity index (χ0n) is 19.0. The minimum absolute atomic E-state index is 0.100. The van der Waals surface area contributed by atoms with Crippen LogP contribution < -0.4 is 5.32 Å². The summed E-state index contributed by atoms with van der Waals surface area (Å²) >= 11 is 0. The molecule has 0 spiro atoms. The predicted octanol–water partition coefficient (Wildman–Crippen LogP) is 0.561. The van der Waals surface area contributed by atoms with Gasteiger partial charge in [-0.3, -0.25) is 14.9 Å². The molecule has 0 aromatic heterocycles. The molecule has 0 saturated carbocycles. The summed E-state index contributed by atoms with van der Waals surface area (Å²) in [5.41, 5.74) is -1.74. The topological polar surface area (TPSA) is 144 Å². The van der Waals surface area contributed by atoms with Crippen LogP contribution in [0.5, 0.6) is 0 Å². The number of hydrogen-bond acceptors (Lipinski definition) is 11. The molecule has 0 bridgehead atoms. The number of nitrogens with one attached hydrogen (secondary N) is 1. The van der Waals surface area contributed by atoms with Crippen LogP contribution in [0.15, 0.2) is 24.3 Å². The van der Waals surface area contributed by atoms with E-state index in [2.05, 4.69) is 10.1 Å². The summed E-state index contributed by atoms with van der Waals surface area (Å²) in [6.45, 7) is 2.85. The standard InChI is InChI=1S/C22H27NO10/c1-6-32-20(27)22(21(28)33-7-2)15(19(26)31-5)14(18(25)30-4)16(23-22)12-8-10-13(11-9-12)17(24)29-3/h8-11,14-16,23H,6-7H2,1-5H3/t14-,15-,16-/m1/s1. The maximum Gasteiger partial charge on any atom is 0.339 e. The van der Waals surface area contributed by atoms with Gasteiger partial charge in [0.15, 0.2) is 0 Å². The number of methoxy groups -OCH3 is 3. The summed E-state index contributed by atoms with van der Waals surface area (Å²) in [6, 6.07) is 4.82. The third-order valence-electron chi connectivity index (χ3n) is 5.38. The van der Waals surface area contributed by atoms with Crippen molar-refractivity contribution in [3.05, 3.63) is 35.4 Å². The predicted molar refractivity (Wildman–Crippen MR) is 111 cm³/mol. The Hall–Kier alpha value is -3.47. The van der Waals surface area contributed by atoms with Crippen molar-refractivity contribution in [3.63, 3.8) is 0 Å². The van der Waals surface area contributed by atoms with Crippen molar-refractivity contribution in [2.45, 2.75) is 25.4 Å². The van der Waals surface area contributed by atoms with Gasteiger partial charge in [0.2, 0.25) is 5.54 Å². The number of carbonyl (C=O) groups excluding carboxylic acids is 5. The van der Waals surface area contributed by atoms with E-state index in [4.69, 9.17) is 18.9 Å². The van der Waals surface area contributed by atoms with E-state index < -0.39 is 53.3 Å². The van der Waals surface area contributed by atoms with Gasteiger partial charge in [0.1, 0.15) is 5.92 Å². The fourth-order valence-electron chi connectivity index (χ4n) is 3.93. The highest BCUT2D eigenvalue weighted by atomic mass is 16.6. The molecule has 0 unspecified atom stereocenters.